The van der Waals surface area contributed by atoms with Crippen LogP contribution in [-0.2, 0) is 11.2 Å². The Morgan fingerprint density at radius 2 is 2.00 bits per heavy atom. The minimum absolute atomic E-state index is 0.203. The molecule has 0 saturated carbocycles. The maximum absolute atomic E-state index is 13.4. The zero-order valence-electron chi connectivity index (χ0n) is 17.2. The highest BCUT2D eigenvalue weighted by atomic mass is 32.1. The van der Waals surface area contributed by atoms with Crippen LogP contribution in [0.25, 0.3) is 11.3 Å². The molecule has 0 bridgehead atoms. The second-order valence-corrected chi connectivity index (χ2v) is 8.40. The molecule has 1 heterocycles. The third kappa shape index (κ3) is 5.36. The monoisotopic (exact) mass is 428 g/mol. The molecule has 0 radical (unpaired) electrons. The van der Waals surface area contributed by atoms with Gasteiger partial charge in [0.2, 0.25) is 0 Å². The Morgan fingerprint density at radius 1 is 1.23 bits per heavy atom. The number of benzene rings is 2. The molecule has 1 atom stereocenters. The Hall–Kier alpha value is -2.93. The van der Waals surface area contributed by atoms with Crippen LogP contribution >= 0.6 is 11.3 Å². The first kappa shape index (κ1) is 21.8. The van der Waals surface area contributed by atoms with E-state index < -0.39 is 11.9 Å². The van der Waals surface area contributed by atoms with Crippen molar-refractivity contribution >= 4 is 22.4 Å². The van der Waals surface area contributed by atoms with Crippen LogP contribution in [0.4, 0.5) is 9.52 Å². The van der Waals surface area contributed by atoms with E-state index >= 15 is 0 Å². The number of hydrogen-bond donors (Lipinski definition) is 2. The molecule has 1 aromatic heterocycles. The van der Waals surface area contributed by atoms with E-state index in [2.05, 4.69) is 19.2 Å². The quantitative estimate of drug-likeness (QED) is 0.475. The second kappa shape index (κ2) is 9.71. The van der Waals surface area contributed by atoms with Gasteiger partial charge in [0, 0.05) is 17.0 Å². The molecule has 3 aromatic rings. The number of nitrogens with zero attached hydrogens (tertiary/aromatic N) is 1. The lowest BCUT2D eigenvalue weighted by atomic mass is 9.99. The van der Waals surface area contributed by atoms with Gasteiger partial charge < -0.3 is 15.2 Å². The number of halogens is 1. The van der Waals surface area contributed by atoms with Gasteiger partial charge in [-0.2, -0.15) is 0 Å². The maximum Gasteiger partial charge on any atom is 0.308 e. The summed E-state index contributed by atoms with van der Waals surface area (Å²) in [6, 6.07) is 13.8. The zero-order valence-corrected chi connectivity index (χ0v) is 18.0. The van der Waals surface area contributed by atoms with Crippen LogP contribution in [0.1, 0.15) is 30.2 Å². The molecular formula is C23H25FN2O3S. The number of ether oxygens (including phenoxy) is 1. The summed E-state index contributed by atoms with van der Waals surface area (Å²) in [4.78, 5) is 17.6. The van der Waals surface area contributed by atoms with Crippen LogP contribution in [0.15, 0.2) is 48.5 Å². The van der Waals surface area contributed by atoms with Crippen molar-refractivity contribution in [1.82, 2.24) is 4.98 Å². The smallest absolute Gasteiger partial charge is 0.308 e. The van der Waals surface area contributed by atoms with Crippen molar-refractivity contribution in [3.8, 4) is 17.0 Å². The first-order valence-electron chi connectivity index (χ1n) is 9.73. The number of anilines is 1. The van der Waals surface area contributed by atoms with Crippen molar-refractivity contribution in [2.75, 3.05) is 19.0 Å². The van der Waals surface area contributed by atoms with Crippen LogP contribution in [0.3, 0.4) is 0 Å². The summed E-state index contributed by atoms with van der Waals surface area (Å²) >= 11 is 1.52. The molecular weight excluding hydrogens is 403 g/mol. The highest BCUT2D eigenvalue weighted by molar-refractivity contribution is 7.16. The molecule has 7 heteroatoms. The van der Waals surface area contributed by atoms with Gasteiger partial charge in [0.15, 0.2) is 5.13 Å². The summed E-state index contributed by atoms with van der Waals surface area (Å²) in [5.74, 6) is -0.972. The molecule has 2 aromatic carbocycles. The molecule has 5 nitrogen and oxygen atoms in total. The number of rotatable bonds is 9. The third-order valence-corrected chi connectivity index (χ3v) is 6.05. The Kier molecular flexibility index (Phi) is 7.05. The van der Waals surface area contributed by atoms with Gasteiger partial charge in [-0.25, -0.2) is 9.37 Å². The molecule has 0 spiro atoms. The summed E-state index contributed by atoms with van der Waals surface area (Å²) in [5.41, 5.74) is 2.48. The average Bonchev–Trinajstić information content (AvgIpc) is 3.15. The van der Waals surface area contributed by atoms with E-state index in [0.717, 1.165) is 21.9 Å². The average molecular weight is 429 g/mol. The number of carboxylic acid groups (broad SMARTS) is 1. The van der Waals surface area contributed by atoms with Crippen LogP contribution in [-0.4, -0.2) is 29.7 Å². The van der Waals surface area contributed by atoms with Gasteiger partial charge in [-0.15, -0.1) is 11.3 Å². The van der Waals surface area contributed by atoms with Crippen LogP contribution in [0.2, 0.25) is 0 Å². The fourth-order valence-electron chi connectivity index (χ4n) is 3.18. The summed E-state index contributed by atoms with van der Waals surface area (Å²) in [6.07, 6.45) is 0.241. The fourth-order valence-corrected chi connectivity index (χ4v) is 4.18. The molecule has 0 saturated heterocycles. The summed E-state index contributed by atoms with van der Waals surface area (Å²) in [6.45, 7) is 4.41. The minimum atomic E-state index is -0.930. The Morgan fingerprint density at radius 3 is 2.67 bits per heavy atom. The Bertz CT molecular complexity index is 1020. The number of carbonyl (C=O) groups is 1. The molecule has 0 aliphatic heterocycles. The predicted octanol–water partition coefficient (Wildman–Crippen LogP) is 5.44. The molecule has 158 valence electrons. The first-order valence-corrected chi connectivity index (χ1v) is 10.5. The first-order chi connectivity index (χ1) is 14.4. The van der Waals surface area contributed by atoms with E-state index in [1.54, 1.807) is 19.2 Å². The number of hydrogen-bond acceptors (Lipinski definition) is 5. The number of carboxylic acids is 1. The number of aliphatic carboxylic acids is 1. The topological polar surface area (TPSA) is 71.5 Å². The van der Waals surface area contributed by atoms with Gasteiger partial charge in [-0.1, -0.05) is 38.1 Å². The summed E-state index contributed by atoms with van der Waals surface area (Å²) in [7, 11) is 1.63. The lowest BCUT2D eigenvalue weighted by Crippen LogP contribution is -2.25. The number of aromatic nitrogens is 1. The van der Waals surface area contributed by atoms with Crippen molar-refractivity contribution < 1.29 is 19.0 Å². The lowest BCUT2D eigenvalue weighted by Gasteiger charge is -2.13. The maximum atomic E-state index is 13.4. The van der Waals surface area contributed by atoms with E-state index in [0.29, 0.717) is 10.7 Å². The van der Waals surface area contributed by atoms with Gasteiger partial charge in [0.05, 0.1) is 18.7 Å². The zero-order chi connectivity index (χ0) is 21.7. The molecule has 30 heavy (non-hydrogen) atoms. The molecule has 0 amide bonds. The van der Waals surface area contributed by atoms with Gasteiger partial charge in [0.25, 0.3) is 0 Å². The number of methoxy groups -OCH3 is 1. The van der Waals surface area contributed by atoms with Crippen molar-refractivity contribution in [3.05, 3.63) is 64.8 Å². The molecule has 0 fully saturated rings. The molecule has 3 rings (SSSR count). The number of thiazole rings is 1. The predicted molar refractivity (Wildman–Crippen MR) is 118 cm³/mol. The van der Waals surface area contributed by atoms with Crippen molar-refractivity contribution in [3.63, 3.8) is 0 Å². The summed E-state index contributed by atoms with van der Waals surface area (Å²) in [5, 5.41) is 13.4. The standard InChI is InChI=1S/C23H25FN2O3S/c1-14(2)21-20(16-7-5-9-19(12-16)29-3)26-23(30-21)25-13-17(22(27)28)10-15-6-4-8-18(24)11-15/h4-9,11-12,14,17H,10,13H2,1-3H3,(H,25,26)(H,27,28). The van der Waals surface area contributed by atoms with Gasteiger partial charge in [-0.05, 0) is 42.2 Å². The Balaban J connectivity index is 1.79. The van der Waals surface area contributed by atoms with E-state index in [9.17, 15) is 14.3 Å². The largest absolute Gasteiger partial charge is 0.497 e. The molecule has 1 unspecified atom stereocenters. The fraction of sp³-hybridized carbons (Fsp3) is 0.304. The van der Waals surface area contributed by atoms with E-state index in [1.165, 1.54) is 23.5 Å². The minimum Gasteiger partial charge on any atom is -0.497 e. The molecule has 0 aliphatic rings. The van der Waals surface area contributed by atoms with Crippen LogP contribution in [0, 0.1) is 11.7 Å². The van der Waals surface area contributed by atoms with E-state index in [1.807, 2.05) is 24.3 Å². The molecule has 2 N–H and O–H groups in total. The highest BCUT2D eigenvalue weighted by Crippen LogP contribution is 2.37. The lowest BCUT2D eigenvalue weighted by molar-refractivity contribution is -0.141. The van der Waals surface area contributed by atoms with Crippen molar-refractivity contribution in [1.29, 1.82) is 0 Å². The van der Waals surface area contributed by atoms with Gasteiger partial charge in [0.1, 0.15) is 11.6 Å². The third-order valence-electron chi connectivity index (χ3n) is 4.74. The van der Waals surface area contributed by atoms with Gasteiger partial charge in [-0.3, -0.25) is 4.79 Å². The number of nitrogens with one attached hydrogen (secondary N) is 1. The van der Waals surface area contributed by atoms with Crippen molar-refractivity contribution in [2.45, 2.75) is 26.2 Å². The van der Waals surface area contributed by atoms with Gasteiger partial charge >= 0.3 is 5.97 Å². The van der Waals surface area contributed by atoms with Crippen molar-refractivity contribution in [2.24, 2.45) is 5.92 Å². The SMILES string of the molecule is COc1cccc(-c2nc(NCC(Cc3cccc(F)c3)C(=O)O)sc2C(C)C)c1. The second-order valence-electron chi connectivity index (χ2n) is 7.37. The van der Waals surface area contributed by atoms with E-state index in [4.69, 9.17) is 9.72 Å². The Labute approximate surface area is 179 Å². The summed E-state index contributed by atoms with van der Waals surface area (Å²) < 4.78 is 18.7. The highest BCUT2D eigenvalue weighted by Gasteiger charge is 2.21. The molecule has 0 aliphatic carbocycles. The van der Waals surface area contributed by atoms with Crippen LogP contribution in [0.5, 0.6) is 5.75 Å². The van der Waals surface area contributed by atoms with Crippen LogP contribution < -0.4 is 10.1 Å². The van der Waals surface area contributed by atoms with E-state index in [-0.39, 0.29) is 24.7 Å². The normalized spacial score (nSPS) is 12.0.